The summed E-state index contributed by atoms with van der Waals surface area (Å²) in [6.45, 7) is 0. The van der Waals surface area contributed by atoms with Crippen LogP contribution in [0.25, 0.3) is 0 Å². The van der Waals surface area contributed by atoms with Gasteiger partial charge in [0.05, 0.1) is 0 Å². The predicted molar refractivity (Wildman–Crippen MR) is 578 cm³/mol. The van der Waals surface area contributed by atoms with Gasteiger partial charge in [0.25, 0.3) is 0 Å². The molecule has 0 nitrogen and oxygen atoms in total. The molecule has 0 aliphatic carbocycles. The Labute approximate surface area is 798 Å². The summed E-state index contributed by atoms with van der Waals surface area (Å²) in [6.07, 6.45) is 0. The van der Waals surface area contributed by atoms with E-state index < -0.39 is 99.8 Å². The fourth-order valence-electron chi connectivity index (χ4n) is 22.4. The van der Waals surface area contributed by atoms with Crippen molar-refractivity contribution in [3.8, 4) is 0 Å². The summed E-state index contributed by atoms with van der Waals surface area (Å²) in [5.74, 6) is 0. The Morgan fingerprint density at radius 2 is 0.162 bits per heavy atom. The molecule has 636 valence electrons. The quantitative estimate of drug-likeness (QED) is 0.0337. The van der Waals surface area contributed by atoms with Gasteiger partial charge in [0, 0.05) is 0 Å². The summed E-state index contributed by atoms with van der Waals surface area (Å²) in [4.78, 5) is 0. The van der Waals surface area contributed by atoms with Crippen molar-refractivity contribution in [2.45, 2.75) is 59.3 Å². The average Bonchev–Trinajstić information content (AvgIpc) is 0.697. The van der Waals surface area contributed by atoms with Crippen LogP contribution in [0.15, 0.2) is 546 Å². The van der Waals surface area contributed by atoms with Crippen molar-refractivity contribution in [3.05, 3.63) is 646 Å². The number of rotatable bonds is 39. The summed E-state index contributed by atoms with van der Waals surface area (Å²) in [7, 11) is -14.6. The molecule has 0 atom stereocenters. The van der Waals surface area contributed by atoms with E-state index in [2.05, 4.69) is 546 Å². The molecule has 0 bridgehead atoms. The monoisotopic (exact) mass is 1860 g/mol. The van der Waals surface area contributed by atoms with Crippen LogP contribution in [0.5, 0.6) is 0 Å². The molecule has 0 aliphatic rings. The molecule has 0 fully saturated rings. The van der Waals surface area contributed by atoms with Gasteiger partial charge >= 0.3 is 805 Å². The number of hydrogen-bond donors (Lipinski definition) is 0. The van der Waals surface area contributed by atoms with Gasteiger partial charge in [0.1, 0.15) is 0 Å². The molecular formula is C120H117CrSi9+3. The Balaban J connectivity index is 1.16. The first-order chi connectivity index (χ1) is 64.4. The molecule has 0 aromatic heterocycles. The van der Waals surface area contributed by atoms with Crippen LogP contribution in [0.2, 0.25) is 9.44 Å². The number of benzene rings is 18. The van der Waals surface area contributed by atoms with Crippen molar-refractivity contribution in [1.82, 2.24) is 0 Å². The van der Waals surface area contributed by atoms with Gasteiger partial charge in [-0.15, -0.1) is 0 Å². The topological polar surface area (TPSA) is 0 Å². The van der Waals surface area contributed by atoms with E-state index in [1.54, 1.807) is 0 Å². The molecule has 18 aromatic rings. The summed E-state index contributed by atoms with van der Waals surface area (Å²) in [5.41, 5.74) is 28.6. The van der Waals surface area contributed by atoms with E-state index in [4.69, 9.17) is 0 Å². The molecule has 0 aliphatic heterocycles. The Bertz CT molecular complexity index is 4740. The van der Waals surface area contributed by atoms with Crippen LogP contribution in [0, 0.1) is 0 Å². The normalized spacial score (nSPS) is 13.9. The van der Waals surface area contributed by atoms with Crippen LogP contribution in [-0.4, -0.2) is 85.7 Å². The fourth-order valence-corrected chi connectivity index (χ4v) is 125. The molecule has 0 spiro atoms. The molecule has 18 rings (SSSR count). The first-order valence-corrected chi connectivity index (χ1v) is 62.7. The maximum atomic E-state index is 2.63. The SMILES string of the molecule is c1ccc(C([SiH2][C]([SiH2]C(c2ccccc2)c2ccccc2)([SiH2]C(c2ccccc2)c2ccccc2)[Cr+3]([C]([SiH2]C(c2ccccc2)c2ccccc2)([SiH2]C(c2ccccc2)c2ccccc2)[SiH2]C(c2ccccc2)c2ccccc2)[C]([SiH2]C(c2ccccc2)c2ccccc2)([SiH2]C(c2ccccc2)c2ccccc2)[SiH2]C(c2ccccc2)c2ccccc2)c2ccccc2)cc1. The zero-order chi connectivity index (χ0) is 87.7. The molecular weight excluding hydrogens is 1750 g/mol. The van der Waals surface area contributed by atoms with E-state index in [0.717, 1.165) is 0 Å². The molecule has 0 N–H and O–H groups in total. The van der Waals surface area contributed by atoms with Gasteiger partial charge in [-0.05, 0) is 0 Å². The Hall–Kier alpha value is -11.6. The van der Waals surface area contributed by atoms with Gasteiger partial charge in [-0.2, -0.15) is 0 Å². The summed E-state index contributed by atoms with van der Waals surface area (Å²) in [5, 5.41) is 0. The number of hydrogen-bond acceptors (Lipinski definition) is 0. The van der Waals surface area contributed by atoms with Gasteiger partial charge in [0.15, 0.2) is 0 Å². The predicted octanol–water partition coefficient (Wildman–Crippen LogP) is 22.3. The minimum atomic E-state index is -2.82. The van der Waals surface area contributed by atoms with Crippen molar-refractivity contribution >= 4 is 85.7 Å². The van der Waals surface area contributed by atoms with Crippen molar-refractivity contribution in [1.29, 1.82) is 0 Å². The van der Waals surface area contributed by atoms with E-state index in [0.29, 0.717) is 0 Å². The molecule has 0 saturated carbocycles. The van der Waals surface area contributed by atoms with E-state index in [-0.39, 0.29) is 59.3 Å². The first kappa shape index (κ1) is 89.1. The average molecular weight is 1860 g/mol. The van der Waals surface area contributed by atoms with Gasteiger partial charge in [-0.1, -0.05) is 0 Å². The Kier molecular flexibility index (Phi) is 30.4. The third-order valence-corrected chi connectivity index (χ3v) is 84.4. The van der Waals surface area contributed by atoms with Gasteiger partial charge < -0.3 is 0 Å². The molecule has 0 heterocycles. The minimum absolute atomic E-state index is 0.107. The van der Waals surface area contributed by atoms with Crippen LogP contribution < -0.4 is 0 Å². The fraction of sp³-hybridized carbons (Fsp3) is 0.100. The van der Waals surface area contributed by atoms with Gasteiger partial charge in [-0.3, -0.25) is 0 Å². The molecule has 0 saturated heterocycles. The molecule has 0 unspecified atom stereocenters. The van der Waals surface area contributed by atoms with Crippen molar-refractivity contribution < 1.29 is 14.1 Å². The second-order valence-corrected chi connectivity index (χ2v) is 80.8. The van der Waals surface area contributed by atoms with Crippen LogP contribution in [-0.2, 0) is 14.1 Å². The third-order valence-electron chi connectivity index (χ3n) is 28.1. The van der Waals surface area contributed by atoms with E-state index in [9.17, 15) is 0 Å². The second kappa shape index (κ2) is 44.4. The van der Waals surface area contributed by atoms with E-state index in [1.165, 1.54) is 100 Å². The summed E-state index contributed by atoms with van der Waals surface area (Å²) >= 11 is -2.82. The molecule has 130 heavy (non-hydrogen) atoms. The van der Waals surface area contributed by atoms with Gasteiger partial charge in [0.2, 0.25) is 0 Å². The Morgan fingerprint density at radius 3 is 0.223 bits per heavy atom. The maximum absolute atomic E-state index is 2.82. The van der Waals surface area contributed by atoms with Crippen LogP contribution in [0.1, 0.15) is 150 Å². The Morgan fingerprint density at radius 1 is 0.100 bits per heavy atom. The van der Waals surface area contributed by atoms with Crippen LogP contribution in [0.3, 0.4) is 0 Å². The van der Waals surface area contributed by atoms with Crippen LogP contribution in [0.4, 0.5) is 0 Å². The van der Waals surface area contributed by atoms with Crippen LogP contribution >= 0.6 is 0 Å². The summed E-state index contributed by atoms with van der Waals surface area (Å²) < 4.78 is -0.320. The van der Waals surface area contributed by atoms with Gasteiger partial charge in [-0.25, -0.2) is 0 Å². The second-order valence-electron chi connectivity index (χ2n) is 36.1. The first-order valence-electron chi connectivity index (χ1n) is 47.1. The van der Waals surface area contributed by atoms with E-state index >= 15 is 0 Å². The standard InChI is InChI=1S/3C40H39Si3.Cr/c3*1-7-19-31(20-8-1)37(32-21-9-2-10-22-32)41-40(42-38(33-23-11-3-12-24-33)34-25-13-4-14-26-34)43-39(35-27-15-5-16-28-35)36-29-17-6-18-30-36;/h3*1-30,37-39H,41-43H2;/q;;;+3. The molecule has 0 radical (unpaired) electrons. The third kappa shape index (κ3) is 21.7. The molecule has 10 heteroatoms. The molecule has 18 aromatic carbocycles. The zero-order valence-electron chi connectivity index (χ0n) is 74.4. The van der Waals surface area contributed by atoms with E-state index in [1.807, 2.05) is 0 Å². The van der Waals surface area contributed by atoms with Crippen molar-refractivity contribution in [2.75, 3.05) is 0 Å². The summed E-state index contributed by atoms with van der Waals surface area (Å²) in [6, 6.07) is 224. The molecule has 0 amide bonds. The van der Waals surface area contributed by atoms with Crippen molar-refractivity contribution in [2.24, 2.45) is 0 Å². The zero-order valence-corrected chi connectivity index (χ0v) is 88.4. The van der Waals surface area contributed by atoms with Crippen molar-refractivity contribution in [3.63, 3.8) is 0 Å².